The van der Waals surface area contributed by atoms with Gasteiger partial charge in [-0.3, -0.25) is 4.79 Å². The standard InChI is InChI=1S/C15H22N2O5/c1-9-12(10(2)22-17-9)5-6-13(18)16-14(15(19)20)11-4-3-7-21-8-11/h11,14H,3-8H2,1-2H3,(H,16,18)(H,19,20). The summed E-state index contributed by atoms with van der Waals surface area (Å²) in [5.74, 6) is -0.769. The van der Waals surface area contributed by atoms with Gasteiger partial charge in [0, 0.05) is 24.5 Å². The van der Waals surface area contributed by atoms with Crippen molar-refractivity contribution in [3.05, 3.63) is 17.0 Å². The average Bonchev–Trinajstić information content (AvgIpc) is 2.82. The van der Waals surface area contributed by atoms with E-state index >= 15 is 0 Å². The number of carboxylic acid groups (broad SMARTS) is 1. The van der Waals surface area contributed by atoms with Crippen molar-refractivity contribution >= 4 is 11.9 Å². The fourth-order valence-electron chi connectivity index (χ4n) is 2.75. The van der Waals surface area contributed by atoms with Crippen molar-refractivity contribution in [3.8, 4) is 0 Å². The number of carbonyl (C=O) groups is 2. The Kier molecular flexibility index (Phi) is 5.54. The molecule has 7 nitrogen and oxygen atoms in total. The van der Waals surface area contributed by atoms with Gasteiger partial charge in [0.15, 0.2) is 0 Å². The quantitative estimate of drug-likeness (QED) is 0.819. The van der Waals surface area contributed by atoms with Crippen molar-refractivity contribution in [3.63, 3.8) is 0 Å². The number of nitrogens with zero attached hydrogens (tertiary/aromatic N) is 1. The highest BCUT2D eigenvalue weighted by atomic mass is 16.5. The van der Waals surface area contributed by atoms with Crippen LogP contribution in [0.5, 0.6) is 0 Å². The molecule has 2 heterocycles. The molecule has 22 heavy (non-hydrogen) atoms. The van der Waals surface area contributed by atoms with E-state index in [9.17, 15) is 14.7 Å². The van der Waals surface area contributed by atoms with Crippen LogP contribution in [0.2, 0.25) is 0 Å². The number of hydrogen-bond donors (Lipinski definition) is 2. The summed E-state index contributed by atoms with van der Waals surface area (Å²) >= 11 is 0. The minimum atomic E-state index is -1.01. The molecule has 1 saturated heterocycles. The highest BCUT2D eigenvalue weighted by Crippen LogP contribution is 2.18. The molecule has 0 bridgehead atoms. The molecular formula is C15H22N2O5. The van der Waals surface area contributed by atoms with Crippen LogP contribution < -0.4 is 5.32 Å². The molecule has 2 rings (SSSR count). The lowest BCUT2D eigenvalue weighted by Gasteiger charge is -2.28. The van der Waals surface area contributed by atoms with Gasteiger partial charge in [0.2, 0.25) is 5.91 Å². The van der Waals surface area contributed by atoms with Gasteiger partial charge in [0.25, 0.3) is 0 Å². The number of rotatable bonds is 6. The third kappa shape index (κ3) is 4.07. The maximum Gasteiger partial charge on any atom is 0.326 e. The van der Waals surface area contributed by atoms with Crippen LogP contribution in [0.15, 0.2) is 4.52 Å². The fourth-order valence-corrected chi connectivity index (χ4v) is 2.75. The van der Waals surface area contributed by atoms with E-state index in [1.54, 1.807) is 6.92 Å². The van der Waals surface area contributed by atoms with Gasteiger partial charge in [-0.15, -0.1) is 0 Å². The molecule has 1 aliphatic rings. The van der Waals surface area contributed by atoms with Crippen LogP contribution in [0.3, 0.4) is 0 Å². The predicted octanol–water partition coefficient (Wildman–Crippen LogP) is 1.22. The van der Waals surface area contributed by atoms with Crippen LogP contribution >= 0.6 is 0 Å². The zero-order chi connectivity index (χ0) is 16.1. The Morgan fingerprint density at radius 3 is 2.77 bits per heavy atom. The normalized spacial score (nSPS) is 19.6. The van der Waals surface area contributed by atoms with Crippen molar-refractivity contribution in [2.75, 3.05) is 13.2 Å². The molecular weight excluding hydrogens is 288 g/mol. The number of hydrogen-bond acceptors (Lipinski definition) is 5. The van der Waals surface area contributed by atoms with Crippen LogP contribution in [0.25, 0.3) is 0 Å². The Balaban J connectivity index is 1.89. The maximum absolute atomic E-state index is 12.1. The van der Waals surface area contributed by atoms with Gasteiger partial charge in [-0.25, -0.2) is 4.79 Å². The Labute approximate surface area is 129 Å². The van der Waals surface area contributed by atoms with Gasteiger partial charge in [-0.2, -0.15) is 0 Å². The molecule has 0 spiro atoms. The molecule has 1 aromatic heterocycles. The van der Waals surface area contributed by atoms with Gasteiger partial charge in [0.05, 0.1) is 12.3 Å². The first-order valence-corrected chi connectivity index (χ1v) is 7.50. The van der Waals surface area contributed by atoms with E-state index < -0.39 is 12.0 Å². The zero-order valence-corrected chi connectivity index (χ0v) is 12.9. The van der Waals surface area contributed by atoms with E-state index in [1.807, 2.05) is 6.92 Å². The summed E-state index contributed by atoms with van der Waals surface area (Å²) in [6.45, 7) is 4.65. The monoisotopic (exact) mass is 310 g/mol. The van der Waals surface area contributed by atoms with Crippen LogP contribution in [0, 0.1) is 19.8 Å². The first-order chi connectivity index (χ1) is 10.5. The second kappa shape index (κ2) is 7.40. The minimum Gasteiger partial charge on any atom is -0.480 e. The third-order valence-corrected chi connectivity index (χ3v) is 4.03. The van der Waals surface area contributed by atoms with Gasteiger partial charge in [-0.1, -0.05) is 5.16 Å². The van der Waals surface area contributed by atoms with E-state index in [4.69, 9.17) is 9.26 Å². The van der Waals surface area contributed by atoms with Crippen molar-refractivity contribution in [1.29, 1.82) is 0 Å². The van der Waals surface area contributed by atoms with Crippen LogP contribution in [-0.4, -0.2) is 41.4 Å². The molecule has 2 N–H and O–H groups in total. The summed E-state index contributed by atoms with van der Waals surface area (Å²) in [5, 5.41) is 15.8. The van der Waals surface area contributed by atoms with Crippen molar-refractivity contribution < 1.29 is 24.0 Å². The Morgan fingerprint density at radius 2 is 2.23 bits per heavy atom. The van der Waals surface area contributed by atoms with Crippen LogP contribution in [-0.2, 0) is 20.7 Å². The van der Waals surface area contributed by atoms with Gasteiger partial charge < -0.3 is 19.7 Å². The first-order valence-electron chi connectivity index (χ1n) is 7.50. The molecule has 0 saturated carbocycles. The largest absolute Gasteiger partial charge is 0.480 e. The molecule has 0 aromatic carbocycles. The highest BCUT2D eigenvalue weighted by Gasteiger charge is 2.31. The van der Waals surface area contributed by atoms with Crippen LogP contribution in [0.1, 0.15) is 36.3 Å². The van der Waals surface area contributed by atoms with Gasteiger partial charge in [0.1, 0.15) is 11.8 Å². The number of aliphatic carboxylic acids is 1. The predicted molar refractivity (Wildman–Crippen MR) is 77.4 cm³/mol. The molecule has 0 aliphatic carbocycles. The van der Waals surface area contributed by atoms with E-state index in [2.05, 4.69) is 10.5 Å². The summed E-state index contributed by atoms with van der Waals surface area (Å²) < 4.78 is 10.4. The lowest BCUT2D eigenvalue weighted by atomic mass is 9.93. The van der Waals surface area contributed by atoms with E-state index in [-0.39, 0.29) is 18.2 Å². The lowest BCUT2D eigenvalue weighted by molar-refractivity contribution is -0.145. The smallest absolute Gasteiger partial charge is 0.326 e. The second-order valence-corrected chi connectivity index (χ2v) is 5.66. The van der Waals surface area contributed by atoms with E-state index in [0.717, 1.165) is 24.1 Å². The first kappa shape index (κ1) is 16.5. The minimum absolute atomic E-state index is 0.172. The summed E-state index contributed by atoms with van der Waals surface area (Å²) in [6.07, 6.45) is 2.27. The molecule has 0 radical (unpaired) electrons. The second-order valence-electron chi connectivity index (χ2n) is 5.66. The molecule has 7 heteroatoms. The van der Waals surface area contributed by atoms with E-state index in [0.29, 0.717) is 25.4 Å². The number of carboxylic acids is 1. The highest BCUT2D eigenvalue weighted by molar-refractivity contribution is 5.83. The zero-order valence-electron chi connectivity index (χ0n) is 12.9. The fraction of sp³-hybridized carbons (Fsp3) is 0.667. The van der Waals surface area contributed by atoms with Gasteiger partial charge >= 0.3 is 5.97 Å². The van der Waals surface area contributed by atoms with Gasteiger partial charge in [-0.05, 0) is 33.1 Å². The SMILES string of the molecule is Cc1noc(C)c1CCC(=O)NC(C(=O)O)C1CCCOC1. The number of carbonyl (C=O) groups excluding carboxylic acids is 1. The molecule has 2 unspecified atom stereocenters. The van der Waals surface area contributed by atoms with E-state index in [1.165, 1.54) is 0 Å². The Hall–Kier alpha value is -1.89. The van der Waals surface area contributed by atoms with Crippen molar-refractivity contribution in [2.24, 2.45) is 5.92 Å². The van der Waals surface area contributed by atoms with Crippen molar-refractivity contribution in [2.45, 2.75) is 45.6 Å². The summed E-state index contributed by atoms with van der Waals surface area (Å²) in [5.41, 5.74) is 1.67. The molecule has 1 fully saturated rings. The number of ether oxygens (including phenoxy) is 1. The topological polar surface area (TPSA) is 102 Å². The number of nitrogens with one attached hydrogen (secondary N) is 1. The molecule has 2 atom stereocenters. The Morgan fingerprint density at radius 1 is 1.45 bits per heavy atom. The molecule has 1 aliphatic heterocycles. The summed E-state index contributed by atoms with van der Waals surface area (Å²) in [4.78, 5) is 23.4. The summed E-state index contributed by atoms with van der Waals surface area (Å²) in [6, 6.07) is -0.891. The van der Waals surface area contributed by atoms with Crippen LogP contribution in [0.4, 0.5) is 0 Å². The number of aromatic nitrogens is 1. The molecule has 1 aromatic rings. The Bertz CT molecular complexity index is 515. The lowest BCUT2D eigenvalue weighted by Crippen LogP contribution is -2.48. The number of amides is 1. The summed E-state index contributed by atoms with van der Waals surface area (Å²) in [7, 11) is 0. The molecule has 122 valence electrons. The average molecular weight is 310 g/mol. The molecule has 1 amide bonds. The van der Waals surface area contributed by atoms with Crippen molar-refractivity contribution in [1.82, 2.24) is 10.5 Å². The number of aryl methyl sites for hydroxylation is 2. The maximum atomic E-state index is 12.1. The third-order valence-electron chi connectivity index (χ3n) is 4.03.